The number of rotatable bonds is 4. The summed E-state index contributed by atoms with van der Waals surface area (Å²) < 4.78 is 0. The number of Topliss-reactive ketones (excluding diaryl/α,β-unsaturated/α-hetero) is 1. The number of aromatic nitrogens is 2. The number of hydrogen-bond acceptors (Lipinski definition) is 4. The average Bonchev–Trinajstić information content (AvgIpc) is 2.60. The van der Waals surface area contributed by atoms with Gasteiger partial charge in [-0.05, 0) is 52.8 Å². The van der Waals surface area contributed by atoms with E-state index in [0.717, 1.165) is 30.2 Å². The molecule has 0 atom stereocenters. The number of aromatic amines is 1. The van der Waals surface area contributed by atoms with Crippen LogP contribution in [-0.2, 0) is 17.3 Å². The Morgan fingerprint density at radius 3 is 2.21 bits per heavy atom. The van der Waals surface area contributed by atoms with E-state index < -0.39 is 17.1 Å². The van der Waals surface area contributed by atoms with E-state index in [2.05, 4.69) is 49.8 Å². The maximum Gasteiger partial charge on any atom is 0.342 e. The van der Waals surface area contributed by atoms with Crippen LogP contribution < -0.4 is 5.56 Å². The number of ketones is 1. The second kappa shape index (κ2) is 6.69. The van der Waals surface area contributed by atoms with Crippen LogP contribution in [0.15, 0.2) is 23.1 Å². The fourth-order valence-corrected chi connectivity index (χ4v) is 3.90. The third-order valence-corrected chi connectivity index (χ3v) is 5.95. The quantitative estimate of drug-likeness (QED) is 0.788. The lowest BCUT2D eigenvalue weighted by Gasteiger charge is -2.42. The summed E-state index contributed by atoms with van der Waals surface area (Å²) >= 11 is 0. The van der Waals surface area contributed by atoms with Crippen molar-refractivity contribution >= 4 is 11.8 Å². The number of carbonyl (C=O) groups excluding carboxylic acids is 1. The van der Waals surface area contributed by atoms with Crippen molar-refractivity contribution in [3.05, 3.63) is 62.3 Å². The van der Waals surface area contributed by atoms with Gasteiger partial charge in [-0.25, -0.2) is 9.78 Å². The monoisotopic (exact) mass is 382 g/mol. The van der Waals surface area contributed by atoms with Crippen molar-refractivity contribution in [2.45, 2.75) is 64.7 Å². The zero-order valence-electron chi connectivity index (χ0n) is 17.0. The predicted octanol–water partition coefficient (Wildman–Crippen LogP) is 3.55. The van der Waals surface area contributed by atoms with Crippen molar-refractivity contribution in [3.63, 3.8) is 0 Å². The van der Waals surface area contributed by atoms with Crippen LogP contribution in [0.3, 0.4) is 0 Å². The van der Waals surface area contributed by atoms with Gasteiger partial charge >= 0.3 is 5.97 Å². The van der Waals surface area contributed by atoms with E-state index in [1.807, 2.05) is 6.92 Å². The van der Waals surface area contributed by atoms with Gasteiger partial charge in [0.2, 0.25) is 5.78 Å². The molecule has 1 aliphatic rings. The first kappa shape index (κ1) is 20.0. The maximum absolute atomic E-state index is 12.7. The van der Waals surface area contributed by atoms with Crippen LogP contribution in [0, 0.1) is 6.92 Å². The third-order valence-electron chi connectivity index (χ3n) is 5.95. The smallest absolute Gasteiger partial charge is 0.342 e. The van der Waals surface area contributed by atoms with E-state index in [-0.39, 0.29) is 28.9 Å². The minimum Gasteiger partial charge on any atom is -0.477 e. The maximum atomic E-state index is 12.7. The first-order chi connectivity index (χ1) is 12.9. The van der Waals surface area contributed by atoms with Gasteiger partial charge in [0.05, 0.1) is 0 Å². The molecule has 0 unspecified atom stereocenters. The van der Waals surface area contributed by atoms with Gasteiger partial charge in [-0.2, -0.15) is 0 Å². The number of carboxylic acid groups (broad SMARTS) is 1. The first-order valence-corrected chi connectivity index (χ1v) is 9.43. The molecule has 6 nitrogen and oxygen atoms in total. The lowest BCUT2D eigenvalue weighted by Crippen LogP contribution is -2.34. The van der Waals surface area contributed by atoms with E-state index in [9.17, 15) is 14.4 Å². The second-order valence-corrected chi connectivity index (χ2v) is 8.97. The molecule has 0 saturated carbocycles. The number of nitrogens with zero attached hydrogens (tertiary/aromatic N) is 1. The van der Waals surface area contributed by atoms with Crippen LogP contribution in [0.5, 0.6) is 0 Å². The SMILES string of the molecule is Cc1cc2c(cc1CC(=O)c1ncc(C(=O)O)c(=O)[nH]1)C(C)(C)CCC2(C)C. The molecule has 0 saturated heterocycles. The minimum atomic E-state index is -1.37. The molecule has 0 aliphatic heterocycles. The number of fused-ring (bicyclic) bond motifs is 1. The van der Waals surface area contributed by atoms with Crippen molar-refractivity contribution in [1.29, 1.82) is 0 Å². The zero-order chi connectivity index (χ0) is 20.9. The number of aromatic carboxylic acids is 1. The first-order valence-electron chi connectivity index (χ1n) is 9.43. The van der Waals surface area contributed by atoms with Crippen LogP contribution in [0.1, 0.15) is 83.8 Å². The highest BCUT2D eigenvalue weighted by Crippen LogP contribution is 2.46. The number of hydrogen-bond donors (Lipinski definition) is 2. The van der Waals surface area contributed by atoms with Crippen LogP contribution >= 0.6 is 0 Å². The van der Waals surface area contributed by atoms with Crippen LogP contribution in [0.4, 0.5) is 0 Å². The van der Waals surface area contributed by atoms with Gasteiger partial charge in [0.1, 0.15) is 5.56 Å². The number of H-pyrrole nitrogens is 1. The number of carboxylic acids is 1. The molecule has 2 aromatic rings. The number of benzene rings is 1. The highest BCUT2D eigenvalue weighted by molar-refractivity contribution is 5.95. The molecule has 28 heavy (non-hydrogen) atoms. The van der Waals surface area contributed by atoms with E-state index >= 15 is 0 Å². The summed E-state index contributed by atoms with van der Waals surface area (Å²) in [6.07, 6.45) is 3.23. The summed E-state index contributed by atoms with van der Waals surface area (Å²) in [6, 6.07) is 4.30. The Balaban J connectivity index is 1.97. The Morgan fingerprint density at radius 1 is 1.11 bits per heavy atom. The Hall–Kier alpha value is -2.76. The fourth-order valence-electron chi connectivity index (χ4n) is 3.90. The molecule has 0 spiro atoms. The van der Waals surface area contributed by atoms with Gasteiger partial charge in [-0.15, -0.1) is 0 Å². The molecule has 1 aromatic carbocycles. The van der Waals surface area contributed by atoms with Crippen LogP contribution in [0.2, 0.25) is 0 Å². The topological polar surface area (TPSA) is 100 Å². The molecule has 0 fully saturated rings. The van der Waals surface area contributed by atoms with Crippen molar-refractivity contribution in [2.24, 2.45) is 0 Å². The molecule has 148 valence electrons. The zero-order valence-corrected chi connectivity index (χ0v) is 17.0. The fraction of sp³-hybridized carbons (Fsp3) is 0.455. The van der Waals surface area contributed by atoms with E-state index in [1.165, 1.54) is 11.1 Å². The number of carbonyl (C=O) groups is 2. The Morgan fingerprint density at radius 2 is 1.68 bits per heavy atom. The highest BCUT2D eigenvalue weighted by Gasteiger charge is 2.37. The summed E-state index contributed by atoms with van der Waals surface area (Å²) in [4.78, 5) is 41.6. The molecule has 1 aliphatic carbocycles. The molecule has 1 heterocycles. The van der Waals surface area contributed by atoms with Crippen molar-refractivity contribution < 1.29 is 14.7 Å². The summed E-state index contributed by atoms with van der Waals surface area (Å²) in [6.45, 7) is 11.0. The standard InChI is InChI=1S/C22H26N2O4/c1-12-8-15-16(22(4,5)7-6-21(15,2)3)9-13(12)10-17(25)18-23-11-14(20(27)28)19(26)24-18/h8-9,11H,6-7,10H2,1-5H3,(H,27,28)(H,23,24,26). The van der Waals surface area contributed by atoms with Crippen molar-refractivity contribution in [2.75, 3.05) is 0 Å². The van der Waals surface area contributed by atoms with E-state index in [4.69, 9.17) is 5.11 Å². The number of nitrogens with one attached hydrogen (secondary N) is 1. The normalized spacial score (nSPS) is 17.0. The molecule has 6 heteroatoms. The minimum absolute atomic E-state index is 0.0338. The van der Waals surface area contributed by atoms with Crippen LogP contribution in [-0.4, -0.2) is 26.8 Å². The summed E-state index contributed by atoms with van der Waals surface area (Å²) in [5.74, 6) is -1.83. The average molecular weight is 382 g/mol. The molecular formula is C22H26N2O4. The van der Waals surface area contributed by atoms with Crippen LogP contribution in [0.25, 0.3) is 0 Å². The molecule has 1 aromatic heterocycles. The Kier molecular flexibility index (Phi) is 4.77. The molecular weight excluding hydrogens is 356 g/mol. The lowest BCUT2D eigenvalue weighted by atomic mass is 9.62. The largest absolute Gasteiger partial charge is 0.477 e. The second-order valence-electron chi connectivity index (χ2n) is 8.97. The molecule has 3 rings (SSSR count). The van der Waals surface area contributed by atoms with Gasteiger partial charge in [0.25, 0.3) is 5.56 Å². The predicted molar refractivity (Wildman–Crippen MR) is 106 cm³/mol. The lowest BCUT2D eigenvalue weighted by molar-refractivity contribution is 0.0693. The highest BCUT2D eigenvalue weighted by atomic mass is 16.4. The van der Waals surface area contributed by atoms with Gasteiger partial charge in [0.15, 0.2) is 5.82 Å². The van der Waals surface area contributed by atoms with E-state index in [0.29, 0.717) is 0 Å². The van der Waals surface area contributed by atoms with Gasteiger partial charge < -0.3 is 10.1 Å². The molecule has 0 radical (unpaired) electrons. The summed E-state index contributed by atoms with van der Waals surface area (Å²) in [7, 11) is 0. The third kappa shape index (κ3) is 3.51. The molecule has 0 amide bonds. The summed E-state index contributed by atoms with van der Waals surface area (Å²) in [5, 5.41) is 8.93. The van der Waals surface area contributed by atoms with Gasteiger partial charge in [-0.3, -0.25) is 9.59 Å². The Bertz CT molecular complexity index is 1030. The van der Waals surface area contributed by atoms with E-state index in [1.54, 1.807) is 0 Å². The van der Waals surface area contributed by atoms with Crippen molar-refractivity contribution in [1.82, 2.24) is 9.97 Å². The van der Waals surface area contributed by atoms with Crippen molar-refractivity contribution in [3.8, 4) is 0 Å². The molecule has 2 N–H and O–H groups in total. The molecule has 0 bridgehead atoms. The summed E-state index contributed by atoms with van der Waals surface area (Å²) in [5.41, 5.74) is 3.35. The van der Waals surface area contributed by atoms with Gasteiger partial charge in [0, 0.05) is 12.6 Å². The Labute approximate surface area is 164 Å². The van der Waals surface area contributed by atoms with Gasteiger partial charge in [-0.1, -0.05) is 39.8 Å². The number of aryl methyl sites for hydroxylation is 1.